The molecule has 9 heteroatoms. The van der Waals surface area contributed by atoms with E-state index in [2.05, 4.69) is 27.5 Å². The maximum absolute atomic E-state index is 9.44. The molecule has 0 bridgehead atoms. The molecule has 3 rings (SSSR count). The van der Waals surface area contributed by atoms with Crippen molar-refractivity contribution in [2.75, 3.05) is 44.0 Å². The first-order valence-electron chi connectivity index (χ1n) is 9.67. The third-order valence-electron chi connectivity index (χ3n) is 4.64. The van der Waals surface area contributed by atoms with Crippen molar-refractivity contribution in [1.29, 1.82) is 0 Å². The summed E-state index contributed by atoms with van der Waals surface area (Å²) in [6.45, 7) is 4.04. The van der Waals surface area contributed by atoms with E-state index in [0.717, 1.165) is 28.1 Å². The van der Waals surface area contributed by atoms with Gasteiger partial charge in [0.2, 0.25) is 5.95 Å². The van der Waals surface area contributed by atoms with E-state index in [1.807, 2.05) is 24.3 Å². The summed E-state index contributed by atoms with van der Waals surface area (Å²) in [6.07, 6.45) is 1.76. The largest absolute Gasteiger partial charge is 0.396 e. The Kier molecular flexibility index (Phi) is 8.00. The SMILES string of the molecule is CCC(CO)CCNc1nc(NCCOC)nc(Cl)c1-c1nc2ccccc2s1. The first-order chi connectivity index (χ1) is 14.2. The van der Waals surface area contributed by atoms with Crippen molar-refractivity contribution in [2.45, 2.75) is 19.8 Å². The zero-order valence-electron chi connectivity index (χ0n) is 16.6. The van der Waals surface area contributed by atoms with Crippen LogP contribution in [0, 0.1) is 5.92 Å². The van der Waals surface area contributed by atoms with E-state index in [9.17, 15) is 5.11 Å². The molecule has 0 aliphatic carbocycles. The van der Waals surface area contributed by atoms with Crippen LogP contribution in [0.3, 0.4) is 0 Å². The minimum Gasteiger partial charge on any atom is -0.396 e. The van der Waals surface area contributed by atoms with Gasteiger partial charge in [-0.1, -0.05) is 37.1 Å². The van der Waals surface area contributed by atoms with Gasteiger partial charge in [0.15, 0.2) is 0 Å². The van der Waals surface area contributed by atoms with Crippen LogP contribution >= 0.6 is 22.9 Å². The van der Waals surface area contributed by atoms with Crippen LogP contribution in [0.15, 0.2) is 24.3 Å². The standard InChI is InChI=1S/C20H26ClN5O2S/c1-3-13(12-27)8-9-22-18-16(17(21)25-20(26-18)23-10-11-28-2)19-24-14-6-4-5-7-15(14)29-19/h4-7,13,27H,3,8-12H2,1-2H3,(H2,22,23,25,26). The van der Waals surface area contributed by atoms with Gasteiger partial charge in [-0.05, 0) is 24.5 Å². The molecule has 0 spiro atoms. The lowest BCUT2D eigenvalue weighted by Crippen LogP contribution is -2.15. The third kappa shape index (κ3) is 5.54. The lowest BCUT2D eigenvalue weighted by molar-refractivity contribution is 0.210. The van der Waals surface area contributed by atoms with Gasteiger partial charge in [-0.3, -0.25) is 0 Å². The summed E-state index contributed by atoms with van der Waals surface area (Å²) in [5.41, 5.74) is 1.62. The van der Waals surface area contributed by atoms with Gasteiger partial charge in [0.05, 0.1) is 22.4 Å². The van der Waals surface area contributed by atoms with Crippen LogP contribution in [0.25, 0.3) is 20.8 Å². The number of hydrogen-bond acceptors (Lipinski definition) is 8. The van der Waals surface area contributed by atoms with Crippen molar-refractivity contribution < 1.29 is 9.84 Å². The lowest BCUT2D eigenvalue weighted by Gasteiger charge is -2.15. The fraction of sp³-hybridized carbons (Fsp3) is 0.450. The highest BCUT2D eigenvalue weighted by molar-refractivity contribution is 7.21. The molecular weight excluding hydrogens is 410 g/mol. The van der Waals surface area contributed by atoms with Crippen molar-refractivity contribution in [3.63, 3.8) is 0 Å². The Morgan fingerprint density at radius 2 is 2.00 bits per heavy atom. The Bertz CT molecular complexity index is 899. The number of methoxy groups -OCH3 is 1. The van der Waals surface area contributed by atoms with E-state index in [1.165, 1.54) is 0 Å². The molecule has 3 N–H and O–H groups in total. The molecule has 0 aliphatic rings. The summed E-state index contributed by atoms with van der Waals surface area (Å²) >= 11 is 8.13. The van der Waals surface area contributed by atoms with E-state index in [4.69, 9.17) is 21.3 Å². The fourth-order valence-electron chi connectivity index (χ4n) is 2.89. The number of para-hydroxylation sites is 1. The van der Waals surface area contributed by atoms with Gasteiger partial charge in [-0.15, -0.1) is 11.3 Å². The third-order valence-corrected chi connectivity index (χ3v) is 5.97. The van der Waals surface area contributed by atoms with Crippen molar-refractivity contribution in [1.82, 2.24) is 15.0 Å². The van der Waals surface area contributed by atoms with E-state index in [-0.39, 0.29) is 12.5 Å². The van der Waals surface area contributed by atoms with Gasteiger partial charge in [0.25, 0.3) is 0 Å². The highest BCUT2D eigenvalue weighted by Crippen LogP contribution is 2.38. The van der Waals surface area contributed by atoms with Gasteiger partial charge >= 0.3 is 0 Å². The predicted octanol–water partition coefficient (Wildman–Crippen LogP) is 4.29. The fourth-order valence-corrected chi connectivity index (χ4v) is 4.22. The zero-order valence-corrected chi connectivity index (χ0v) is 18.2. The quantitative estimate of drug-likeness (QED) is 0.305. The van der Waals surface area contributed by atoms with Crippen molar-refractivity contribution in [2.24, 2.45) is 5.92 Å². The monoisotopic (exact) mass is 435 g/mol. The molecule has 1 unspecified atom stereocenters. The first-order valence-corrected chi connectivity index (χ1v) is 10.9. The number of aromatic nitrogens is 3. The van der Waals surface area contributed by atoms with Gasteiger partial charge in [-0.25, -0.2) is 9.97 Å². The average molecular weight is 436 g/mol. The number of rotatable bonds is 11. The highest BCUT2D eigenvalue weighted by Gasteiger charge is 2.19. The van der Waals surface area contributed by atoms with E-state index in [0.29, 0.717) is 42.2 Å². The van der Waals surface area contributed by atoms with Crippen molar-refractivity contribution in [3.8, 4) is 10.6 Å². The Labute approximate surface area is 179 Å². The van der Waals surface area contributed by atoms with Gasteiger partial charge < -0.3 is 20.5 Å². The van der Waals surface area contributed by atoms with E-state index < -0.39 is 0 Å². The molecule has 0 aliphatic heterocycles. The number of fused-ring (bicyclic) bond motifs is 1. The number of halogens is 1. The number of aliphatic hydroxyl groups excluding tert-OH is 1. The number of nitrogens with one attached hydrogen (secondary N) is 2. The van der Waals surface area contributed by atoms with Crippen LogP contribution in [-0.4, -0.2) is 53.5 Å². The molecule has 2 heterocycles. The van der Waals surface area contributed by atoms with E-state index in [1.54, 1.807) is 18.4 Å². The second-order valence-corrected chi connectivity index (χ2v) is 8.03. The van der Waals surface area contributed by atoms with Gasteiger partial charge in [-0.2, -0.15) is 4.98 Å². The molecule has 7 nitrogen and oxygen atoms in total. The minimum atomic E-state index is 0.178. The average Bonchev–Trinajstić information content (AvgIpc) is 3.14. The first kappa shape index (κ1) is 21.7. The zero-order chi connectivity index (χ0) is 20.6. The number of thiazole rings is 1. The second kappa shape index (κ2) is 10.7. The van der Waals surface area contributed by atoms with Gasteiger partial charge in [0, 0.05) is 26.8 Å². The predicted molar refractivity (Wildman–Crippen MR) is 120 cm³/mol. The highest BCUT2D eigenvalue weighted by atomic mass is 35.5. The molecular formula is C20H26ClN5O2S. The molecule has 156 valence electrons. The molecule has 0 saturated carbocycles. The summed E-state index contributed by atoms with van der Waals surface area (Å²) < 4.78 is 6.15. The summed E-state index contributed by atoms with van der Waals surface area (Å²) in [4.78, 5) is 13.8. The van der Waals surface area contributed by atoms with Crippen LogP contribution in [0.5, 0.6) is 0 Å². The maximum atomic E-state index is 9.44. The summed E-state index contributed by atoms with van der Waals surface area (Å²) in [5.74, 6) is 1.33. The Morgan fingerprint density at radius 3 is 2.72 bits per heavy atom. The lowest BCUT2D eigenvalue weighted by atomic mass is 10.0. The number of aliphatic hydroxyl groups is 1. The molecule has 0 fully saturated rings. The van der Waals surface area contributed by atoms with E-state index >= 15 is 0 Å². The van der Waals surface area contributed by atoms with Crippen molar-refractivity contribution >= 4 is 44.9 Å². The Morgan fingerprint density at radius 1 is 1.17 bits per heavy atom. The number of hydrogen-bond donors (Lipinski definition) is 3. The number of nitrogens with zero attached hydrogens (tertiary/aromatic N) is 3. The molecule has 2 aromatic heterocycles. The molecule has 1 aromatic carbocycles. The molecule has 29 heavy (non-hydrogen) atoms. The number of ether oxygens (including phenoxy) is 1. The number of anilines is 2. The Balaban J connectivity index is 1.91. The molecule has 1 atom stereocenters. The number of benzene rings is 1. The molecule has 0 saturated heterocycles. The normalized spacial score (nSPS) is 12.3. The smallest absolute Gasteiger partial charge is 0.226 e. The maximum Gasteiger partial charge on any atom is 0.226 e. The van der Waals surface area contributed by atoms with Crippen LogP contribution in [0.4, 0.5) is 11.8 Å². The summed E-state index contributed by atoms with van der Waals surface area (Å²) in [5, 5.41) is 17.1. The van der Waals surface area contributed by atoms with Crippen LogP contribution in [0.1, 0.15) is 19.8 Å². The summed E-state index contributed by atoms with van der Waals surface area (Å²) in [7, 11) is 1.64. The Hall–Kier alpha value is -2.00. The molecule has 3 aromatic rings. The topological polar surface area (TPSA) is 92.2 Å². The van der Waals surface area contributed by atoms with Crippen LogP contribution in [-0.2, 0) is 4.74 Å². The van der Waals surface area contributed by atoms with Crippen LogP contribution < -0.4 is 10.6 Å². The minimum absolute atomic E-state index is 0.178. The van der Waals surface area contributed by atoms with Crippen LogP contribution in [0.2, 0.25) is 5.15 Å². The molecule has 0 radical (unpaired) electrons. The van der Waals surface area contributed by atoms with Gasteiger partial charge in [0.1, 0.15) is 16.0 Å². The second-order valence-electron chi connectivity index (χ2n) is 6.64. The molecule has 0 amide bonds. The summed E-state index contributed by atoms with van der Waals surface area (Å²) in [6, 6.07) is 7.97. The van der Waals surface area contributed by atoms with Crippen molar-refractivity contribution in [3.05, 3.63) is 29.4 Å².